The Hall–Kier alpha value is -1.75. The number of carbonyl (C=O) groups is 1. The van der Waals surface area contributed by atoms with Crippen LogP contribution in [0.15, 0.2) is 18.2 Å². The number of amides is 1. The third-order valence-corrected chi connectivity index (χ3v) is 3.97. The number of carbonyl (C=O) groups excluding carboxylic acids is 1. The van der Waals surface area contributed by atoms with Gasteiger partial charge in [0.1, 0.15) is 0 Å². The molecule has 2 aliphatic heterocycles. The molecule has 3 rings (SSSR count). The molecule has 20 heavy (non-hydrogen) atoms. The number of piperidine rings is 1. The Morgan fingerprint density at radius 2 is 2.05 bits per heavy atom. The van der Waals surface area contributed by atoms with Gasteiger partial charge in [0.25, 0.3) is 0 Å². The lowest BCUT2D eigenvalue weighted by molar-refractivity contribution is -0.117. The summed E-state index contributed by atoms with van der Waals surface area (Å²) in [6.45, 7) is 2.42. The van der Waals surface area contributed by atoms with Crippen molar-refractivity contribution in [3.8, 4) is 11.5 Å². The van der Waals surface area contributed by atoms with Gasteiger partial charge in [-0.15, -0.1) is 0 Å². The fourth-order valence-corrected chi connectivity index (χ4v) is 2.71. The van der Waals surface area contributed by atoms with Crippen LogP contribution in [0.1, 0.15) is 19.3 Å². The first-order valence-corrected chi connectivity index (χ1v) is 7.09. The Morgan fingerprint density at radius 3 is 2.85 bits per heavy atom. The summed E-state index contributed by atoms with van der Waals surface area (Å²) in [5.74, 6) is 2.01. The predicted molar refractivity (Wildman–Crippen MR) is 76.0 cm³/mol. The molecule has 5 nitrogen and oxygen atoms in total. The van der Waals surface area contributed by atoms with E-state index in [2.05, 4.69) is 17.3 Å². The van der Waals surface area contributed by atoms with E-state index in [9.17, 15) is 4.79 Å². The fourth-order valence-electron chi connectivity index (χ4n) is 2.71. The van der Waals surface area contributed by atoms with Crippen molar-refractivity contribution in [2.24, 2.45) is 5.92 Å². The van der Waals surface area contributed by atoms with E-state index in [4.69, 9.17) is 9.47 Å². The zero-order valence-corrected chi connectivity index (χ0v) is 11.7. The third kappa shape index (κ3) is 3.04. The van der Waals surface area contributed by atoms with E-state index < -0.39 is 0 Å². The van der Waals surface area contributed by atoms with Crippen molar-refractivity contribution in [2.45, 2.75) is 19.3 Å². The second kappa shape index (κ2) is 5.71. The van der Waals surface area contributed by atoms with Gasteiger partial charge in [-0.25, -0.2) is 0 Å². The Morgan fingerprint density at radius 1 is 1.30 bits per heavy atom. The molecule has 2 aliphatic rings. The molecule has 1 saturated heterocycles. The van der Waals surface area contributed by atoms with Crippen LogP contribution < -0.4 is 14.8 Å². The van der Waals surface area contributed by atoms with E-state index in [1.807, 2.05) is 18.2 Å². The maximum Gasteiger partial charge on any atom is 0.231 e. The van der Waals surface area contributed by atoms with E-state index in [0.29, 0.717) is 18.1 Å². The van der Waals surface area contributed by atoms with Gasteiger partial charge in [-0.2, -0.15) is 0 Å². The summed E-state index contributed by atoms with van der Waals surface area (Å²) in [4.78, 5) is 14.4. The second-order valence-corrected chi connectivity index (χ2v) is 5.57. The largest absolute Gasteiger partial charge is 0.454 e. The first kappa shape index (κ1) is 13.2. The van der Waals surface area contributed by atoms with E-state index in [1.165, 1.54) is 0 Å². The summed E-state index contributed by atoms with van der Waals surface area (Å²) in [6, 6.07) is 5.49. The molecule has 5 heteroatoms. The normalized spacial score (nSPS) is 19.1. The van der Waals surface area contributed by atoms with Crippen molar-refractivity contribution in [2.75, 3.05) is 32.2 Å². The summed E-state index contributed by atoms with van der Waals surface area (Å²) < 4.78 is 10.6. The molecular formula is C15H20N2O3. The first-order valence-electron chi connectivity index (χ1n) is 7.09. The van der Waals surface area contributed by atoms with E-state index in [1.54, 1.807) is 0 Å². The summed E-state index contributed by atoms with van der Waals surface area (Å²) in [7, 11) is 2.13. The van der Waals surface area contributed by atoms with Crippen molar-refractivity contribution in [1.82, 2.24) is 4.90 Å². The number of nitrogens with zero attached hydrogens (tertiary/aromatic N) is 1. The molecule has 0 spiro atoms. The number of hydrogen-bond acceptors (Lipinski definition) is 4. The number of anilines is 1. The lowest BCUT2D eigenvalue weighted by atomic mass is 9.93. The summed E-state index contributed by atoms with van der Waals surface area (Å²) in [5.41, 5.74) is 0.771. The number of likely N-dealkylation sites (tertiary alicyclic amines) is 1. The fraction of sp³-hybridized carbons (Fsp3) is 0.533. The van der Waals surface area contributed by atoms with E-state index >= 15 is 0 Å². The summed E-state index contributed by atoms with van der Waals surface area (Å²) in [6.07, 6.45) is 2.80. The lowest BCUT2D eigenvalue weighted by Crippen LogP contribution is -2.31. The maximum absolute atomic E-state index is 12.1. The first-order chi connectivity index (χ1) is 9.70. The van der Waals surface area contributed by atoms with Gasteiger partial charge in [-0.1, -0.05) is 0 Å². The van der Waals surface area contributed by atoms with Crippen LogP contribution in [0.3, 0.4) is 0 Å². The van der Waals surface area contributed by atoms with Gasteiger partial charge < -0.3 is 19.7 Å². The average molecular weight is 276 g/mol. The van der Waals surface area contributed by atoms with Gasteiger partial charge in [-0.3, -0.25) is 4.79 Å². The van der Waals surface area contributed by atoms with Gasteiger partial charge in [0.15, 0.2) is 11.5 Å². The third-order valence-electron chi connectivity index (χ3n) is 3.97. The number of ether oxygens (including phenoxy) is 2. The summed E-state index contributed by atoms with van der Waals surface area (Å²) in [5, 5.41) is 2.94. The SMILES string of the molecule is CN1CCC(CC(=O)Nc2ccc3c(c2)OCO3)CC1. The lowest BCUT2D eigenvalue weighted by Gasteiger charge is -2.28. The van der Waals surface area contributed by atoms with E-state index in [-0.39, 0.29) is 12.7 Å². The number of nitrogens with one attached hydrogen (secondary N) is 1. The molecule has 0 aliphatic carbocycles. The summed E-state index contributed by atoms with van der Waals surface area (Å²) >= 11 is 0. The molecule has 0 radical (unpaired) electrons. The highest BCUT2D eigenvalue weighted by atomic mass is 16.7. The zero-order chi connectivity index (χ0) is 13.9. The number of hydrogen-bond donors (Lipinski definition) is 1. The van der Waals surface area contributed by atoms with Gasteiger partial charge in [0.2, 0.25) is 12.7 Å². The Kier molecular flexibility index (Phi) is 3.78. The van der Waals surface area contributed by atoms with Crippen LogP contribution in [0.2, 0.25) is 0 Å². The van der Waals surface area contributed by atoms with Gasteiger partial charge >= 0.3 is 0 Å². The average Bonchev–Trinajstić information content (AvgIpc) is 2.89. The Labute approximate surface area is 118 Å². The standard InChI is InChI=1S/C15H20N2O3/c1-17-6-4-11(5-7-17)8-15(18)16-12-2-3-13-14(9-12)20-10-19-13/h2-3,9,11H,4-8,10H2,1H3,(H,16,18). The molecule has 2 heterocycles. The van der Waals surface area contributed by atoms with Crippen LogP contribution in [0.5, 0.6) is 11.5 Å². The number of rotatable bonds is 3. The molecule has 1 aromatic rings. The van der Waals surface area contributed by atoms with Gasteiger partial charge in [-0.05, 0) is 51.0 Å². The predicted octanol–water partition coefficient (Wildman–Crippen LogP) is 2.09. The van der Waals surface area contributed by atoms with Crippen molar-refractivity contribution >= 4 is 11.6 Å². The molecule has 0 unspecified atom stereocenters. The number of benzene rings is 1. The van der Waals surface area contributed by atoms with Crippen LogP contribution in [-0.4, -0.2) is 37.7 Å². The Balaban J connectivity index is 1.54. The molecule has 0 aromatic heterocycles. The smallest absolute Gasteiger partial charge is 0.231 e. The maximum atomic E-state index is 12.1. The molecular weight excluding hydrogens is 256 g/mol. The minimum atomic E-state index is 0.0819. The van der Waals surface area contributed by atoms with Crippen molar-refractivity contribution in [3.05, 3.63) is 18.2 Å². The highest BCUT2D eigenvalue weighted by molar-refractivity contribution is 5.91. The highest BCUT2D eigenvalue weighted by Crippen LogP contribution is 2.34. The van der Waals surface area contributed by atoms with Crippen LogP contribution in [0, 0.1) is 5.92 Å². The van der Waals surface area contributed by atoms with Crippen LogP contribution in [0.4, 0.5) is 5.69 Å². The van der Waals surface area contributed by atoms with Gasteiger partial charge in [0.05, 0.1) is 0 Å². The van der Waals surface area contributed by atoms with Crippen molar-refractivity contribution in [1.29, 1.82) is 0 Å². The van der Waals surface area contributed by atoms with E-state index in [0.717, 1.165) is 37.4 Å². The van der Waals surface area contributed by atoms with Crippen LogP contribution in [-0.2, 0) is 4.79 Å². The zero-order valence-electron chi connectivity index (χ0n) is 11.7. The van der Waals surface area contributed by atoms with Gasteiger partial charge in [0, 0.05) is 18.2 Å². The highest BCUT2D eigenvalue weighted by Gasteiger charge is 2.20. The second-order valence-electron chi connectivity index (χ2n) is 5.57. The molecule has 0 bridgehead atoms. The molecule has 1 N–H and O–H groups in total. The monoisotopic (exact) mass is 276 g/mol. The quantitative estimate of drug-likeness (QED) is 0.918. The minimum Gasteiger partial charge on any atom is -0.454 e. The minimum absolute atomic E-state index is 0.0819. The molecule has 1 fully saturated rings. The van der Waals surface area contributed by atoms with Crippen molar-refractivity contribution in [3.63, 3.8) is 0 Å². The topological polar surface area (TPSA) is 50.8 Å². The van der Waals surface area contributed by atoms with Crippen LogP contribution in [0.25, 0.3) is 0 Å². The molecule has 0 saturated carbocycles. The van der Waals surface area contributed by atoms with Crippen molar-refractivity contribution < 1.29 is 14.3 Å². The molecule has 1 amide bonds. The molecule has 108 valence electrons. The molecule has 1 aromatic carbocycles. The Bertz CT molecular complexity index is 496. The van der Waals surface area contributed by atoms with Crippen LogP contribution >= 0.6 is 0 Å². The number of fused-ring (bicyclic) bond motifs is 1. The molecule has 0 atom stereocenters.